The summed E-state index contributed by atoms with van der Waals surface area (Å²) in [6.45, 7) is 7.12. The minimum atomic E-state index is -0.448. The van der Waals surface area contributed by atoms with Gasteiger partial charge >= 0.3 is 5.97 Å². The zero-order valence-electron chi connectivity index (χ0n) is 20.9. The van der Waals surface area contributed by atoms with E-state index in [9.17, 15) is 4.79 Å². The maximum Gasteiger partial charge on any atom is 0.338 e. The molecule has 1 atom stereocenters. The maximum atomic E-state index is 13.6. The number of carbonyl (C=O) groups excluding carboxylic acids is 1. The van der Waals surface area contributed by atoms with E-state index in [4.69, 9.17) is 14.5 Å². The number of ether oxygens (including phenoxy) is 2. The van der Waals surface area contributed by atoms with E-state index in [-0.39, 0.29) is 12.6 Å². The Morgan fingerprint density at radius 2 is 1.81 bits per heavy atom. The number of benzene rings is 3. The number of fused-ring (bicyclic) bond motifs is 3. The van der Waals surface area contributed by atoms with Gasteiger partial charge < -0.3 is 14.8 Å². The lowest BCUT2D eigenvalue weighted by atomic mass is 9.92. The standard InChI is InChI=1S/C30H31N3O3/c1-4-35-29(34)26-27(21-11-6-5-7-12-21)32-30-31-24-15-8-9-16-25(24)33(30)28(26)22-13-10-14-23(19-22)36-18-17-20(2)3/h5-16,19-20,28H,4,17-18H2,1-3H3,(H,31,32)/t28-/m0/s1. The summed E-state index contributed by atoms with van der Waals surface area (Å²) in [6, 6.07) is 25.4. The van der Waals surface area contributed by atoms with Gasteiger partial charge in [0.25, 0.3) is 0 Å². The third-order valence-electron chi connectivity index (χ3n) is 6.33. The second-order valence-electron chi connectivity index (χ2n) is 9.30. The van der Waals surface area contributed by atoms with Gasteiger partial charge in [-0.25, -0.2) is 9.78 Å². The highest BCUT2D eigenvalue weighted by Gasteiger charge is 2.36. The van der Waals surface area contributed by atoms with Gasteiger partial charge in [0.2, 0.25) is 5.95 Å². The number of hydrogen-bond acceptors (Lipinski definition) is 5. The summed E-state index contributed by atoms with van der Waals surface area (Å²) in [5.41, 5.74) is 4.86. The van der Waals surface area contributed by atoms with Gasteiger partial charge in [-0.05, 0) is 54.7 Å². The van der Waals surface area contributed by atoms with Crippen LogP contribution in [0.25, 0.3) is 16.7 Å². The molecule has 0 saturated carbocycles. The topological polar surface area (TPSA) is 65.4 Å². The fourth-order valence-electron chi connectivity index (χ4n) is 4.60. The van der Waals surface area contributed by atoms with Crippen LogP contribution in [0.15, 0.2) is 84.4 Å². The zero-order valence-corrected chi connectivity index (χ0v) is 20.9. The minimum Gasteiger partial charge on any atom is -0.494 e. The second-order valence-corrected chi connectivity index (χ2v) is 9.30. The number of nitrogens with zero attached hydrogens (tertiary/aromatic N) is 2. The predicted molar refractivity (Wildman–Crippen MR) is 143 cm³/mol. The van der Waals surface area contributed by atoms with Crippen LogP contribution in [-0.4, -0.2) is 28.7 Å². The number of para-hydroxylation sites is 2. The first-order valence-corrected chi connectivity index (χ1v) is 12.5. The monoisotopic (exact) mass is 481 g/mol. The van der Waals surface area contributed by atoms with E-state index in [0.29, 0.717) is 29.7 Å². The molecule has 0 fully saturated rings. The lowest BCUT2D eigenvalue weighted by Crippen LogP contribution is -2.29. The Balaban J connectivity index is 1.71. The van der Waals surface area contributed by atoms with Gasteiger partial charge in [0.05, 0.1) is 41.6 Å². The van der Waals surface area contributed by atoms with Crippen LogP contribution < -0.4 is 10.1 Å². The van der Waals surface area contributed by atoms with Crippen molar-refractivity contribution < 1.29 is 14.3 Å². The number of hydrogen-bond donors (Lipinski definition) is 1. The molecule has 36 heavy (non-hydrogen) atoms. The molecule has 0 radical (unpaired) electrons. The van der Waals surface area contributed by atoms with Crippen molar-refractivity contribution in [1.29, 1.82) is 0 Å². The highest BCUT2D eigenvalue weighted by atomic mass is 16.5. The molecule has 0 bridgehead atoms. The van der Waals surface area contributed by atoms with Gasteiger partial charge in [-0.2, -0.15) is 0 Å². The summed E-state index contributed by atoms with van der Waals surface area (Å²) in [7, 11) is 0. The van der Waals surface area contributed by atoms with Gasteiger partial charge in [-0.15, -0.1) is 0 Å². The Labute approximate surface area is 211 Å². The molecule has 0 amide bonds. The smallest absolute Gasteiger partial charge is 0.338 e. The lowest BCUT2D eigenvalue weighted by Gasteiger charge is -2.31. The lowest BCUT2D eigenvalue weighted by molar-refractivity contribution is -0.138. The van der Waals surface area contributed by atoms with E-state index in [1.807, 2.05) is 85.8 Å². The number of carbonyl (C=O) groups is 1. The fraction of sp³-hybridized carbons (Fsp3) is 0.267. The first-order valence-electron chi connectivity index (χ1n) is 12.5. The maximum absolute atomic E-state index is 13.6. The molecule has 1 N–H and O–H groups in total. The Hall–Kier alpha value is -4.06. The van der Waals surface area contributed by atoms with Crippen molar-refractivity contribution in [1.82, 2.24) is 9.55 Å². The molecule has 6 nitrogen and oxygen atoms in total. The summed E-state index contributed by atoms with van der Waals surface area (Å²) in [5.74, 6) is 1.66. The molecule has 0 spiro atoms. The Kier molecular flexibility index (Phi) is 6.76. The predicted octanol–water partition coefficient (Wildman–Crippen LogP) is 6.45. The molecule has 1 aromatic heterocycles. The van der Waals surface area contributed by atoms with Crippen LogP contribution in [-0.2, 0) is 9.53 Å². The molecule has 4 aromatic rings. The summed E-state index contributed by atoms with van der Waals surface area (Å²) in [5, 5.41) is 3.45. The largest absolute Gasteiger partial charge is 0.494 e. The van der Waals surface area contributed by atoms with Crippen LogP contribution in [0.5, 0.6) is 5.75 Å². The summed E-state index contributed by atoms with van der Waals surface area (Å²) >= 11 is 0. The van der Waals surface area contributed by atoms with Crippen LogP contribution in [0.2, 0.25) is 0 Å². The quantitative estimate of drug-likeness (QED) is 0.293. The highest BCUT2D eigenvalue weighted by molar-refractivity contribution is 6.03. The van der Waals surface area contributed by atoms with Crippen molar-refractivity contribution in [2.45, 2.75) is 33.2 Å². The SMILES string of the molecule is CCOC(=O)C1=C(c2ccccc2)Nc2nc3ccccc3n2[C@H]1c1cccc(OCCC(C)C)c1. The van der Waals surface area contributed by atoms with Crippen molar-refractivity contribution in [2.24, 2.45) is 5.92 Å². The molecule has 0 unspecified atom stereocenters. The first kappa shape index (κ1) is 23.7. The van der Waals surface area contributed by atoms with E-state index < -0.39 is 6.04 Å². The fourth-order valence-corrected chi connectivity index (χ4v) is 4.60. The molecule has 3 aromatic carbocycles. The van der Waals surface area contributed by atoms with Crippen molar-refractivity contribution in [2.75, 3.05) is 18.5 Å². The van der Waals surface area contributed by atoms with Crippen molar-refractivity contribution in [3.05, 3.63) is 95.6 Å². The Morgan fingerprint density at radius 1 is 1.03 bits per heavy atom. The van der Waals surface area contributed by atoms with Crippen LogP contribution in [0, 0.1) is 5.92 Å². The van der Waals surface area contributed by atoms with Crippen molar-refractivity contribution in [3.63, 3.8) is 0 Å². The number of rotatable bonds is 8. The van der Waals surface area contributed by atoms with Gasteiger partial charge in [0.15, 0.2) is 0 Å². The first-order chi connectivity index (χ1) is 17.6. The van der Waals surface area contributed by atoms with E-state index in [0.717, 1.165) is 34.3 Å². The number of nitrogens with one attached hydrogen (secondary N) is 1. The zero-order chi connectivity index (χ0) is 25.1. The highest BCUT2D eigenvalue weighted by Crippen LogP contribution is 2.42. The number of imidazole rings is 1. The Morgan fingerprint density at radius 3 is 2.58 bits per heavy atom. The number of anilines is 1. The average Bonchev–Trinajstić information content (AvgIpc) is 3.26. The van der Waals surface area contributed by atoms with Crippen LogP contribution in [0.4, 0.5) is 5.95 Å². The van der Waals surface area contributed by atoms with E-state index in [1.54, 1.807) is 0 Å². The number of esters is 1. The summed E-state index contributed by atoms with van der Waals surface area (Å²) in [4.78, 5) is 18.5. The third kappa shape index (κ3) is 4.59. The summed E-state index contributed by atoms with van der Waals surface area (Å²) in [6.07, 6.45) is 0.972. The normalized spacial score (nSPS) is 15.1. The molecule has 2 heterocycles. The van der Waals surface area contributed by atoms with Gasteiger partial charge in [-0.1, -0.05) is 68.4 Å². The van der Waals surface area contributed by atoms with Crippen LogP contribution in [0.3, 0.4) is 0 Å². The van der Waals surface area contributed by atoms with E-state index in [1.165, 1.54) is 0 Å². The third-order valence-corrected chi connectivity index (χ3v) is 6.33. The summed E-state index contributed by atoms with van der Waals surface area (Å²) < 4.78 is 13.8. The van der Waals surface area contributed by atoms with Crippen molar-refractivity contribution >= 4 is 28.6 Å². The van der Waals surface area contributed by atoms with Gasteiger partial charge in [0.1, 0.15) is 5.75 Å². The molecule has 5 rings (SSSR count). The van der Waals surface area contributed by atoms with Gasteiger partial charge in [0, 0.05) is 0 Å². The molecular weight excluding hydrogens is 450 g/mol. The average molecular weight is 482 g/mol. The van der Waals surface area contributed by atoms with E-state index in [2.05, 4.69) is 23.7 Å². The van der Waals surface area contributed by atoms with Crippen LogP contribution in [0.1, 0.15) is 44.4 Å². The molecule has 184 valence electrons. The van der Waals surface area contributed by atoms with E-state index >= 15 is 0 Å². The number of aromatic nitrogens is 2. The molecule has 1 aliphatic heterocycles. The molecule has 6 heteroatoms. The molecule has 0 saturated heterocycles. The molecule has 1 aliphatic rings. The minimum absolute atomic E-state index is 0.285. The van der Waals surface area contributed by atoms with Crippen molar-refractivity contribution in [3.8, 4) is 5.75 Å². The molecule has 0 aliphatic carbocycles. The molecular formula is C30H31N3O3. The van der Waals surface area contributed by atoms with Crippen LogP contribution >= 0.6 is 0 Å². The second kappa shape index (κ2) is 10.3. The Bertz CT molecular complexity index is 1410. The van der Waals surface area contributed by atoms with Gasteiger partial charge in [-0.3, -0.25) is 4.57 Å².